The first-order valence-corrected chi connectivity index (χ1v) is 43.0. The number of carbonyl (C=O) groups is 4. The van der Waals surface area contributed by atoms with Gasteiger partial charge in [0.2, 0.25) is 0 Å². The molecule has 0 aliphatic rings. The van der Waals surface area contributed by atoms with E-state index >= 15 is 0 Å². The average molecular weight is 1410 g/mol. The number of phosphoric ester groups is 2. The second-order valence-electron chi connectivity index (χ2n) is 28.7. The molecule has 0 aliphatic heterocycles. The largest absolute Gasteiger partial charge is 0.472 e. The maximum Gasteiger partial charge on any atom is 0.472 e. The van der Waals surface area contributed by atoms with Gasteiger partial charge in [0.05, 0.1) is 26.4 Å². The van der Waals surface area contributed by atoms with Crippen LogP contribution in [0.1, 0.15) is 401 Å². The molecule has 0 aromatic carbocycles. The van der Waals surface area contributed by atoms with Gasteiger partial charge in [-0.25, -0.2) is 9.13 Å². The Labute approximate surface area is 588 Å². The lowest BCUT2D eigenvalue weighted by atomic mass is 10.0. The number of aliphatic hydroxyl groups excluding tert-OH is 1. The molecular weight excluding hydrogens is 1260 g/mol. The van der Waals surface area contributed by atoms with Gasteiger partial charge in [-0.3, -0.25) is 37.3 Å². The van der Waals surface area contributed by atoms with Gasteiger partial charge in [0.15, 0.2) is 12.2 Å². The molecule has 570 valence electrons. The summed E-state index contributed by atoms with van der Waals surface area (Å²) in [5, 5.41) is 10.6. The van der Waals surface area contributed by atoms with Crippen LogP contribution in [-0.4, -0.2) is 96.7 Å². The van der Waals surface area contributed by atoms with Gasteiger partial charge in [-0.1, -0.05) is 350 Å². The molecule has 2 unspecified atom stereocenters. The molecule has 0 rings (SSSR count). The fraction of sp³-hybridized carbons (Fsp3) is 0.948. The highest BCUT2D eigenvalue weighted by molar-refractivity contribution is 7.47. The van der Waals surface area contributed by atoms with E-state index in [1.54, 1.807) is 0 Å². The zero-order valence-corrected chi connectivity index (χ0v) is 64.5. The highest BCUT2D eigenvalue weighted by Crippen LogP contribution is 2.45. The summed E-state index contributed by atoms with van der Waals surface area (Å²) in [5.41, 5.74) is 0. The van der Waals surface area contributed by atoms with Crippen molar-refractivity contribution in [2.45, 2.75) is 419 Å². The third-order valence-electron chi connectivity index (χ3n) is 18.0. The van der Waals surface area contributed by atoms with Crippen molar-refractivity contribution in [3.63, 3.8) is 0 Å². The molecule has 0 saturated carbocycles. The van der Waals surface area contributed by atoms with Crippen molar-refractivity contribution in [1.29, 1.82) is 0 Å². The average Bonchev–Trinajstić information content (AvgIpc) is 2.28. The number of phosphoric acid groups is 2. The van der Waals surface area contributed by atoms with E-state index in [2.05, 4.69) is 41.5 Å². The Hall–Kier alpha value is -1.94. The smallest absolute Gasteiger partial charge is 0.462 e. The number of rotatable bonds is 76. The number of hydrogen-bond acceptors (Lipinski definition) is 15. The summed E-state index contributed by atoms with van der Waals surface area (Å²) in [4.78, 5) is 72.8. The Morgan fingerprint density at radius 3 is 0.708 bits per heavy atom. The van der Waals surface area contributed by atoms with Crippen molar-refractivity contribution >= 4 is 39.5 Å². The molecule has 0 bridgehead atoms. The first kappa shape index (κ1) is 94.1. The van der Waals surface area contributed by atoms with Crippen LogP contribution in [0, 0.1) is 11.8 Å². The molecule has 17 nitrogen and oxygen atoms in total. The van der Waals surface area contributed by atoms with Crippen LogP contribution in [0.2, 0.25) is 0 Å². The van der Waals surface area contributed by atoms with Crippen molar-refractivity contribution in [2.75, 3.05) is 39.6 Å². The number of hydrogen-bond donors (Lipinski definition) is 3. The lowest BCUT2D eigenvalue weighted by molar-refractivity contribution is -0.161. The van der Waals surface area contributed by atoms with Gasteiger partial charge >= 0.3 is 39.5 Å². The van der Waals surface area contributed by atoms with Gasteiger partial charge in [-0.05, 0) is 37.5 Å². The minimum Gasteiger partial charge on any atom is -0.462 e. The summed E-state index contributed by atoms with van der Waals surface area (Å²) in [7, 11) is -9.91. The molecule has 0 heterocycles. The summed E-state index contributed by atoms with van der Waals surface area (Å²) in [5.74, 6) is -0.549. The van der Waals surface area contributed by atoms with Crippen LogP contribution < -0.4 is 0 Å². The molecule has 0 radical (unpaired) electrons. The monoisotopic (exact) mass is 1410 g/mol. The molecule has 0 saturated heterocycles. The Balaban J connectivity index is 5.20. The summed E-state index contributed by atoms with van der Waals surface area (Å²) in [6.45, 7) is 9.62. The van der Waals surface area contributed by atoms with Gasteiger partial charge < -0.3 is 33.8 Å². The van der Waals surface area contributed by atoms with Crippen molar-refractivity contribution in [1.82, 2.24) is 0 Å². The molecule has 0 aromatic rings. The van der Waals surface area contributed by atoms with Crippen LogP contribution in [0.15, 0.2) is 0 Å². The highest BCUT2D eigenvalue weighted by atomic mass is 31.2. The number of carbonyl (C=O) groups excluding carboxylic acids is 4. The highest BCUT2D eigenvalue weighted by Gasteiger charge is 2.30. The SMILES string of the molecule is CCCCCCCCCCCCCCC(=O)O[C@H](COC(=O)CCCCCCCCCCCCC)COP(=O)(O)OC[C@H](O)COP(=O)(O)OC[C@@H](COC(=O)CCCCCCCCCCCC(C)C)OC(=O)CCCCCCCCCCCCCCCCCCCCC(C)C. The van der Waals surface area contributed by atoms with Crippen LogP contribution in [0.4, 0.5) is 0 Å². The van der Waals surface area contributed by atoms with Gasteiger partial charge in [-0.2, -0.15) is 0 Å². The number of ether oxygens (including phenoxy) is 4. The van der Waals surface area contributed by atoms with E-state index in [4.69, 9.17) is 37.0 Å². The van der Waals surface area contributed by atoms with Crippen molar-refractivity contribution in [3.8, 4) is 0 Å². The Kier molecular flexibility index (Phi) is 67.4. The fourth-order valence-corrected chi connectivity index (χ4v) is 13.4. The van der Waals surface area contributed by atoms with Crippen LogP contribution in [0.3, 0.4) is 0 Å². The van der Waals surface area contributed by atoms with Crippen molar-refractivity contribution in [2.24, 2.45) is 11.8 Å². The summed E-state index contributed by atoms with van der Waals surface area (Å²) >= 11 is 0. The molecule has 0 amide bonds. The van der Waals surface area contributed by atoms with Gasteiger partial charge in [0.25, 0.3) is 0 Å². The Bertz CT molecular complexity index is 1860. The van der Waals surface area contributed by atoms with E-state index in [-0.39, 0.29) is 25.7 Å². The van der Waals surface area contributed by atoms with Crippen LogP contribution in [-0.2, 0) is 65.4 Å². The maximum absolute atomic E-state index is 13.1. The molecule has 0 aliphatic carbocycles. The number of aliphatic hydroxyl groups is 1. The number of esters is 4. The molecule has 0 fully saturated rings. The summed E-state index contributed by atoms with van der Waals surface area (Å²) in [6.07, 6.45) is 56.8. The first-order chi connectivity index (χ1) is 46.4. The van der Waals surface area contributed by atoms with Gasteiger partial charge in [0, 0.05) is 25.7 Å². The lowest BCUT2D eigenvalue weighted by Gasteiger charge is -2.21. The second-order valence-corrected chi connectivity index (χ2v) is 31.6. The molecular formula is C77H150O17P2. The minimum absolute atomic E-state index is 0.108. The molecule has 96 heavy (non-hydrogen) atoms. The standard InChI is InChI=1S/C77H150O17P2/c1-7-9-11-13-15-17-19-30-36-43-49-55-61-76(81)93-72(65-87-74(79)59-53-47-41-35-28-18-16-14-12-10-8-2)67-91-95(83,84)89-63-71(78)64-90-96(85,86)92-68-73(66-88-75(80)60-54-48-42-38-32-34-40-46-52-58-70(5)6)94-77(82)62-56-50-44-37-31-27-25-23-21-20-22-24-26-29-33-39-45-51-57-69(3)4/h69-73,78H,7-68H2,1-6H3,(H,83,84)(H,85,86)/t71-,72+,73+/m0/s1. The van der Waals surface area contributed by atoms with Crippen molar-refractivity contribution < 1.29 is 80.2 Å². The lowest BCUT2D eigenvalue weighted by Crippen LogP contribution is -2.30. The van der Waals surface area contributed by atoms with Crippen LogP contribution in [0.25, 0.3) is 0 Å². The topological polar surface area (TPSA) is 237 Å². The summed E-state index contributed by atoms with van der Waals surface area (Å²) < 4.78 is 68.5. The maximum atomic E-state index is 13.1. The van der Waals surface area contributed by atoms with E-state index in [1.807, 2.05) is 0 Å². The second kappa shape index (κ2) is 68.8. The molecule has 0 aromatic heterocycles. The predicted molar refractivity (Wildman–Crippen MR) is 391 cm³/mol. The molecule has 3 N–H and O–H groups in total. The van der Waals surface area contributed by atoms with E-state index in [0.717, 1.165) is 102 Å². The van der Waals surface area contributed by atoms with Crippen LogP contribution >= 0.6 is 15.6 Å². The van der Waals surface area contributed by atoms with E-state index in [9.17, 15) is 43.2 Å². The van der Waals surface area contributed by atoms with E-state index < -0.39 is 97.5 Å². The fourth-order valence-electron chi connectivity index (χ4n) is 11.8. The zero-order chi connectivity index (χ0) is 70.7. The van der Waals surface area contributed by atoms with Gasteiger partial charge in [-0.15, -0.1) is 0 Å². The molecule has 19 heteroatoms. The number of unbranched alkanes of at least 4 members (excludes halogenated alkanes) is 46. The van der Waals surface area contributed by atoms with Crippen molar-refractivity contribution in [3.05, 3.63) is 0 Å². The first-order valence-electron chi connectivity index (χ1n) is 40.0. The van der Waals surface area contributed by atoms with Gasteiger partial charge in [0.1, 0.15) is 19.3 Å². The van der Waals surface area contributed by atoms with Crippen LogP contribution in [0.5, 0.6) is 0 Å². The molecule has 0 spiro atoms. The van der Waals surface area contributed by atoms with E-state index in [0.29, 0.717) is 25.7 Å². The summed E-state index contributed by atoms with van der Waals surface area (Å²) in [6, 6.07) is 0. The minimum atomic E-state index is -4.96. The Morgan fingerprint density at radius 2 is 0.479 bits per heavy atom. The molecule has 5 atom stereocenters. The normalized spacial score (nSPS) is 14.0. The predicted octanol–water partition coefficient (Wildman–Crippen LogP) is 22.7. The quantitative estimate of drug-likeness (QED) is 0.0222. The third-order valence-corrected chi connectivity index (χ3v) is 19.9. The van der Waals surface area contributed by atoms with E-state index in [1.165, 1.54) is 218 Å². The third kappa shape index (κ3) is 70.5. The zero-order valence-electron chi connectivity index (χ0n) is 62.7. The Morgan fingerprint density at radius 1 is 0.281 bits per heavy atom.